The summed E-state index contributed by atoms with van der Waals surface area (Å²) in [6, 6.07) is 11.5. The Morgan fingerprint density at radius 2 is 1.77 bits per heavy atom. The fourth-order valence-corrected chi connectivity index (χ4v) is 4.66. The molecule has 26 heavy (non-hydrogen) atoms. The SMILES string of the molecule is Cn1nnnc1CC1CCCCC1N1CCN(Cc2ccccc2)CC1. The van der Waals surface area contributed by atoms with Crippen LogP contribution >= 0.6 is 0 Å². The van der Waals surface area contributed by atoms with Gasteiger partial charge in [-0.3, -0.25) is 9.80 Å². The minimum Gasteiger partial charge on any atom is -0.298 e. The van der Waals surface area contributed by atoms with E-state index in [0.717, 1.165) is 18.8 Å². The van der Waals surface area contributed by atoms with Gasteiger partial charge in [-0.1, -0.05) is 43.2 Å². The van der Waals surface area contributed by atoms with Crippen LogP contribution in [0.3, 0.4) is 0 Å². The summed E-state index contributed by atoms with van der Waals surface area (Å²) in [5, 5.41) is 12.0. The lowest BCUT2D eigenvalue weighted by Gasteiger charge is -2.44. The number of benzene rings is 1. The molecule has 1 aliphatic carbocycles. The zero-order valence-electron chi connectivity index (χ0n) is 15.8. The first-order valence-electron chi connectivity index (χ1n) is 10.0. The lowest BCUT2D eigenvalue weighted by Crippen LogP contribution is -2.53. The molecular weight excluding hydrogens is 324 g/mol. The van der Waals surface area contributed by atoms with Gasteiger partial charge in [0.1, 0.15) is 0 Å². The molecule has 0 radical (unpaired) electrons. The lowest BCUT2D eigenvalue weighted by atomic mass is 9.81. The molecule has 2 unspecified atom stereocenters. The quantitative estimate of drug-likeness (QED) is 0.823. The van der Waals surface area contributed by atoms with Crippen molar-refractivity contribution in [2.75, 3.05) is 26.2 Å². The van der Waals surface area contributed by atoms with Crippen molar-refractivity contribution in [3.05, 3.63) is 41.7 Å². The average Bonchev–Trinajstić information content (AvgIpc) is 3.08. The Balaban J connectivity index is 1.34. The zero-order valence-corrected chi connectivity index (χ0v) is 15.8. The second-order valence-corrected chi connectivity index (χ2v) is 7.83. The molecule has 2 heterocycles. The Morgan fingerprint density at radius 3 is 2.50 bits per heavy atom. The smallest absolute Gasteiger partial charge is 0.151 e. The van der Waals surface area contributed by atoms with Crippen LogP contribution in [0.15, 0.2) is 30.3 Å². The van der Waals surface area contributed by atoms with Gasteiger partial charge >= 0.3 is 0 Å². The van der Waals surface area contributed by atoms with Gasteiger partial charge in [0.15, 0.2) is 5.82 Å². The molecule has 1 aromatic heterocycles. The van der Waals surface area contributed by atoms with Crippen LogP contribution in [0.2, 0.25) is 0 Å². The predicted octanol–water partition coefficient (Wildman–Crippen LogP) is 2.13. The van der Waals surface area contributed by atoms with Crippen molar-refractivity contribution in [1.29, 1.82) is 0 Å². The Bertz CT molecular complexity index is 677. The molecule has 2 fully saturated rings. The van der Waals surface area contributed by atoms with Crippen LogP contribution in [-0.4, -0.2) is 62.2 Å². The number of hydrogen-bond acceptors (Lipinski definition) is 5. The molecule has 0 amide bonds. The molecule has 1 aromatic carbocycles. The minimum absolute atomic E-state index is 0.689. The van der Waals surface area contributed by atoms with Crippen molar-refractivity contribution >= 4 is 0 Å². The van der Waals surface area contributed by atoms with Crippen molar-refractivity contribution in [3.63, 3.8) is 0 Å². The summed E-state index contributed by atoms with van der Waals surface area (Å²) in [7, 11) is 1.95. The van der Waals surface area contributed by atoms with Crippen LogP contribution in [0.25, 0.3) is 0 Å². The van der Waals surface area contributed by atoms with E-state index in [1.54, 1.807) is 0 Å². The van der Waals surface area contributed by atoms with E-state index < -0.39 is 0 Å². The number of aryl methyl sites for hydroxylation is 1. The third-order valence-electron chi connectivity index (χ3n) is 6.15. The average molecular weight is 355 g/mol. The second kappa shape index (κ2) is 8.27. The van der Waals surface area contributed by atoms with Gasteiger partial charge < -0.3 is 0 Å². The van der Waals surface area contributed by atoms with Gasteiger partial charge in [-0.05, 0) is 34.7 Å². The lowest BCUT2D eigenvalue weighted by molar-refractivity contribution is 0.0461. The van der Waals surface area contributed by atoms with E-state index in [9.17, 15) is 0 Å². The molecule has 2 atom stereocenters. The largest absolute Gasteiger partial charge is 0.298 e. The number of nitrogens with zero attached hydrogens (tertiary/aromatic N) is 6. The summed E-state index contributed by atoms with van der Waals surface area (Å²) in [5.74, 6) is 1.72. The van der Waals surface area contributed by atoms with E-state index in [0.29, 0.717) is 12.0 Å². The van der Waals surface area contributed by atoms with E-state index in [1.165, 1.54) is 57.4 Å². The summed E-state index contributed by atoms with van der Waals surface area (Å²) in [4.78, 5) is 5.34. The summed E-state index contributed by atoms with van der Waals surface area (Å²) in [5.41, 5.74) is 1.42. The summed E-state index contributed by atoms with van der Waals surface area (Å²) in [6.45, 7) is 5.79. The fraction of sp³-hybridized carbons (Fsp3) is 0.650. The second-order valence-electron chi connectivity index (χ2n) is 7.83. The minimum atomic E-state index is 0.689. The monoisotopic (exact) mass is 354 g/mol. The van der Waals surface area contributed by atoms with E-state index in [-0.39, 0.29) is 0 Å². The van der Waals surface area contributed by atoms with Gasteiger partial charge in [-0.15, -0.1) is 5.10 Å². The van der Waals surface area contributed by atoms with Gasteiger partial charge in [-0.2, -0.15) is 0 Å². The Labute approximate surface area is 156 Å². The molecule has 0 spiro atoms. The van der Waals surface area contributed by atoms with Gasteiger partial charge in [0, 0.05) is 52.2 Å². The summed E-state index contributed by atoms with van der Waals surface area (Å²) in [6.07, 6.45) is 6.36. The van der Waals surface area contributed by atoms with Crippen LogP contribution in [0.4, 0.5) is 0 Å². The van der Waals surface area contributed by atoms with Crippen LogP contribution in [0.1, 0.15) is 37.1 Å². The third kappa shape index (κ3) is 4.13. The van der Waals surface area contributed by atoms with Crippen LogP contribution in [0.5, 0.6) is 0 Å². The van der Waals surface area contributed by atoms with Gasteiger partial charge in [0.25, 0.3) is 0 Å². The molecule has 0 bridgehead atoms. The zero-order chi connectivity index (χ0) is 17.8. The number of aromatic nitrogens is 4. The summed E-state index contributed by atoms with van der Waals surface area (Å²) < 4.78 is 1.84. The number of hydrogen-bond donors (Lipinski definition) is 0. The molecular formula is C20H30N6. The van der Waals surface area contributed by atoms with Crippen molar-refractivity contribution in [2.24, 2.45) is 13.0 Å². The van der Waals surface area contributed by atoms with Gasteiger partial charge in [-0.25, -0.2) is 4.68 Å². The number of tetrazole rings is 1. The Morgan fingerprint density at radius 1 is 1.00 bits per heavy atom. The van der Waals surface area contributed by atoms with Gasteiger partial charge in [0.05, 0.1) is 0 Å². The molecule has 1 saturated heterocycles. The molecule has 0 N–H and O–H groups in total. The molecule has 2 aliphatic rings. The highest BCUT2D eigenvalue weighted by molar-refractivity contribution is 5.14. The molecule has 140 valence electrons. The highest BCUT2D eigenvalue weighted by Gasteiger charge is 2.32. The van der Waals surface area contributed by atoms with Crippen molar-refractivity contribution in [3.8, 4) is 0 Å². The molecule has 4 rings (SSSR count). The molecule has 2 aromatic rings. The summed E-state index contributed by atoms with van der Waals surface area (Å²) >= 11 is 0. The maximum Gasteiger partial charge on any atom is 0.151 e. The highest BCUT2D eigenvalue weighted by atomic mass is 15.5. The number of piperazine rings is 1. The maximum atomic E-state index is 4.22. The molecule has 6 nitrogen and oxygen atoms in total. The maximum absolute atomic E-state index is 4.22. The first-order chi connectivity index (χ1) is 12.8. The molecule has 1 saturated carbocycles. The van der Waals surface area contributed by atoms with E-state index in [2.05, 4.69) is 55.7 Å². The van der Waals surface area contributed by atoms with E-state index in [4.69, 9.17) is 0 Å². The Kier molecular flexibility index (Phi) is 5.60. The van der Waals surface area contributed by atoms with Crippen molar-refractivity contribution in [2.45, 2.75) is 44.7 Å². The van der Waals surface area contributed by atoms with Gasteiger partial charge in [0.2, 0.25) is 0 Å². The predicted molar refractivity (Wildman–Crippen MR) is 102 cm³/mol. The van der Waals surface area contributed by atoms with Crippen LogP contribution in [0, 0.1) is 5.92 Å². The van der Waals surface area contributed by atoms with Crippen LogP contribution in [-0.2, 0) is 20.0 Å². The topological polar surface area (TPSA) is 50.1 Å². The molecule has 6 heteroatoms. The van der Waals surface area contributed by atoms with E-state index >= 15 is 0 Å². The third-order valence-corrected chi connectivity index (χ3v) is 6.15. The Hall–Kier alpha value is -1.79. The van der Waals surface area contributed by atoms with Crippen LogP contribution < -0.4 is 0 Å². The van der Waals surface area contributed by atoms with Crippen molar-refractivity contribution in [1.82, 2.24) is 30.0 Å². The first-order valence-corrected chi connectivity index (χ1v) is 10.0. The first kappa shape index (κ1) is 17.6. The highest BCUT2D eigenvalue weighted by Crippen LogP contribution is 2.31. The molecule has 1 aliphatic heterocycles. The fourth-order valence-electron chi connectivity index (χ4n) is 4.66. The standard InChI is InChI=1S/C20H30N6/c1-24-20(21-22-23-24)15-18-9-5-6-10-19(18)26-13-11-25(12-14-26)16-17-7-3-2-4-8-17/h2-4,7-8,18-19H,5-6,9-16H2,1H3. The number of rotatable bonds is 5. The normalized spacial score (nSPS) is 25.4. The van der Waals surface area contributed by atoms with Crippen molar-refractivity contribution < 1.29 is 0 Å². The van der Waals surface area contributed by atoms with E-state index in [1.807, 2.05) is 11.7 Å².